The van der Waals surface area contributed by atoms with Gasteiger partial charge in [-0.05, 0) is 13.8 Å². The smallest absolute Gasteiger partial charge is 0.360 e. The number of carbonyl (C=O) groups is 1. The fourth-order valence-corrected chi connectivity index (χ4v) is 3.33. The van der Waals surface area contributed by atoms with E-state index in [1.165, 1.54) is 12.5 Å². The average molecular weight is 294 g/mol. The molecule has 0 radical (unpaired) electrons. The molecule has 0 bridgehead atoms. The van der Waals surface area contributed by atoms with Crippen LogP contribution in [0.15, 0.2) is 5.38 Å². The Morgan fingerprint density at radius 2 is 2.11 bits per heavy atom. The molecule has 1 aromatic rings. The van der Waals surface area contributed by atoms with Crippen molar-refractivity contribution in [2.75, 3.05) is 17.1 Å². The summed E-state index contributed by atoms with van der Waals surface area (Å²) in [6.45, 7) is 3.14. The van der Waals surface area contributed by atoms with E-state index in [0.29, 0.717) is 0 Å². The van der Waals surface area contributed by atoms with Crippen LogP contribution in [0.4, 0.5) is 11.4 Å². The van der Waals surface area contributed by atoms with Gasteiger partial charge < -0.3 is 10.5 Å². The zero-order valence-corrected chi connectivity index (χ0v) is 11.7. The van der Waals surface area contributed by atoms with Crippen LogP contribution in [-0.4, -0.2) is 32.1 Å². The number of carbonyl (C=O) groups excluding carboxylic acids is 1. The van der Waals surface area contributed by atoms with Crippen molar-refractivity contribution in [1.29, 1.82) is 0 Å². The SMILES string of the molecule is COC(=O)c1scc(N(C(C)C)S(=O)(=O)O)c1N. The lowest BCUT2D eigenvalue weighted by Gasteiger charge is -2.24. The quantitative estimate of drug-likeness (QED) is 0.636. The third-order valence-corrected chi connectivity index (χ3v) is 4.21. The molecule has 102 valence electrons. The number of esters is 1. The highest BCUT2D eigenvalue weighted by molar-refractivity contribution is 7.87. The Hall–Kier alpha value is -1.32. The van der Waals surface area contributed by atoms with Gasteiger partial charge in [-0.1, -0.05) is 0 Å². The van der Waals surface area contributed by atoms with E-state index in [2.05, 4.69) is 4.74 Å². The van der Waals surface area contributed by atoms with Crippen LogP contribution in [0, 0.1) is 0 Å². The summed E-state index contributed by atoms with van der Waals surface area (Å²) in [7, 11) is -3.25. The Kier molecular flexibility index (Phi) is 4.20. The minimum absolute atomic E-state index is 0.0295. The molecule has 0 aliphatic heterocycles. The van der Waals surface area contributed by atoms with Gasteiger partial charge in [0.25, 0.3) is 0 Å². The van der Waals surface area contributed by atoms with Crippen molar-refractivity contribution < 1.29 is 22.5 Å². The van der Waals surface area contributed by atoms with Gasteiger partial charge in [0.05, 0.1) is 18.5 Å². The molecule has 0 atom stereocenters. The predicted molar refractivity (Wildman–Crippen MR) is 69.2 cm³/mol. The Labute approximate surface area is 109 Å². The van der Waals surface area contributed by atoms with E-state index in [4.69, 9.17) is 10.3 Å². The van der Waals surface area contributed by atoms with Crippen LogP contribution in [0.1, 0.15) is 23.5 Å². The van der Waals surface area contributed by atoms with Crippen LogP contribution < -0.4 is 10.0 Å². The summed E-state index contributed by atoms with van der Waals surface area (Å²) in [4.78, 5) is 11.5. The van der Waals surface area contributed by atoms with Gasteiger partial charge in [0.15, 0.2) is 0 Å². The van der Waals surface area contributed by atoms with E-state index >= 15 is 0 Å². The third-order valence-electron chi connectivity index (χ3n) is 2.13. The number of ether oxygens (including phenoxy) is 1. The van der Waals surface area contributed by atoms with Gasteiger partial charge in [-0.2, -0.15) is 8.42 Å². The first-order valence-corrected chi connectivity index (χ1v) is 7.20. The molecule has 3 N–H and O–H groups in total. The fraction of sp³-hybridized carbons (Fsp3) is 0.444. The van der Waals surface area contributed by atoms with Gasteiger partial charge in [-0.3, -0.25) is 4.55 Å². The van der Waals surface area contributed by atoms with Crippen molar-refractivity contribution >= 4 is 39.0 Å². The molecular weight excluding hydrogens is 280 g/mol. The Morgan fingerprint density at radius 3 is 2.50 bits per heavy atom. The molecule has 0 aliphatic rings. The molecule has 18 heavy (non-hydrogen) atoms. The monoisotopic (exact) mass is 294 g/mol. The maximum atomic E-state index is 11.4. The Bertz CT molecular complexity index is 549. The number of hydrogen-bond donors (Lipinski definition) is 2. The normalized spacial score (nSPS) is 11.6. The summed E-state index contributed by atoms with van der Waals surface area (Å²) >= 11 is 0.954. The number of hydrogen-bond acceptors (Lipinski definition) is 6. The summed E-state index contributed by atoms with van der Waals surface area (Å²) in [6.07, 6.45) is 0. The van der Waals surface area contributed by atoms with Crippen molar-refractivity contribution in [3.8, 4) is 0 Å². The summed E-state index contributed by atoms with van der Waals surface area (Å²) < 4.78 is 37.0. The molecule has 1 aromatic heterocycles. The van der Waals surface area contributed by atoms with Gasteiger partial charge >= 0.3 is 16.3 Å². The van der Waals surface area contributed by atoms with Crippen molar-refractivity contribution in [3.63, 3.8) is 0 Å². The summed E-state index contributed by atoms with van der Waals surface area (Å²) in [6, 6.07) is -0.539. The van der Waals surface area contributed by atoms with Gasteiger partial charge in [0, 0.05) is 11.4 Å². The number of anilines is 2. The van der Waals surface area contributed by atoms with Gasteiger partial charge in [0.2, 0.25) is 0 Å². The minimum Gasteiger partial charge on any atom is -0.465 e. The van der Waals surface area contributed by atoms with Crippen LogP contribution >= 0.6 is 11.3 Å². The third kappa shape index (κ3) is 2.74. The number of nitrogens with zero attached hydrogens (tertiary/aromatic N) is 1. The molecule has 9 heteroatoms. The highest BCUT2D eigenvalue weighted by Gasteiger charge is 2.28. The van der Waals surface area contributed by atoms with Crippen LogP contribution in [-0.2, 0) is 15.0 Å². The molecule has 0 spiro atoms. The van der Waals surface area contributed by atoms with E-state index in [9.17, 15) is 13.2 Å². The lowest BCUT2D eigenvalue weighted by molar-refractivity contribution is 0.0607. The Balaban J connectivity index is 3.33. The van der Waals surface area contributed by atoms with E-state index in [1.807, 2.05) is 0 Å². The molecule has 0 unspecified atom stereocenters. The van der Waals surface area contributed by atoms with Gasteiger partial charge in [-0.15, -0.1) is 11.3 Å². The lowest BCUT2D eigenvalue weighted by atomic mass is 10.3. The van der Waals surface area contributed by atoms with Crippen LogP contribution in [0.2, 0.25) is 0 Å². The second-order valence-electron chi connectivity index (χ2n) is 3.72. The van der Waals surface area contributed by atoms with Gasteiger partial charge in [0.1, 0.15) is 4.88 Å². The minimum atomic E-state index is -4.45. The standard InChI is InChI=1S/C9H14N2O5S2/c1-5(2)11(18(13,14)15)6-4-17-8(7(6)10)9(12)16-3/h4-5H,10H2,1-3H3,(H,13,14,15). The molecule has 0 saturated carbocycles. The molecular formula is C9H14N2O5S2. The highest BCUT2D eigenvalue weighted by Crippen LogP contribution is 2.35. The number of methoxy groups -OCH3 is 1. The molecule has 0 aromatic carbocycles. The van der Waals surface area contributed by atoms with Crippen LogP contribution in [0.3, 0.4) is 0 Å². The first-order valence-electron chi connectivity index (χ1n) is 4.92. The van der Waals surface area contributed by atoms with E-state index in [1.54, 1.807) is 13.8 Å². The number of rotatable bonds is 4. The molecule has 0 aliphatic carbocycles. The van der Waals surface area contributed by atoms with Crippen LogP contribution in [0.25, 0.3) is 0 Å². The zero-order valence-electron chi connectivity index (χ0n) is 10.1. The highest BCUT2D eigenvalue weighted by atomic mass is 32.2. The second-order valence-corrected chi connectivity index (χ2v) is 5.89. The maximum absolute atomic E-state index is 11.4. The zero-order chi connectivity index (χ0) is 14.1. The van der Waals surface area contributed by atoms with Crippen molar-refractivity contribution in [2.45, 2.75) is 19.9 Å². The molecule has 0 fully saturated rings. The summed E-state index contributed by atoms with van der Waals surface area (Å²) in [5, 5.41) is 1.38. The van der Waals surface area contributed by atoms with Crippen molar-refractivity contribution in [2.24, 2.45) is 0 Å². The first kappa shape index (κ1) is 14.7. The number of nitrogens with two attached hydrogens (primary N) is 1. The Morgan fingerprint density at radius 1 is 1.56 bits per heavy atom. The number of thiophene rings is 1. The topological polar surface area (TPSA) is 110 Å². The molecule has 1 rings (SSSR count). The van der Waals surface area contributed by atoms with Crippen molar-refractivity contribution in [1.82, 2.24) is 0 Å². The lowest BCUT2D eigenvalue weighted by Crippen LogP contribution is -2.36. The second kappa shape index (κ2) is 5.12. The maximum Gasteiger partial charge on any atom is 0.360 e. The molecule has 0 saturated heterocycles. The van der Waals surface area contributed by atoms with E-state index in [0.717, 1.165) is 15.6 Å². The number of nitrogen functional groups attached to an aromatic ring is 1. The fourth-order valence-electron chi connectivity index (χ4n) is 1.45. The molecule has 7 nitrogen and oxygen atoms in total. The summed E-state index contributed by atoms with van der Waals surface area (Å²) in [5.41, 5.74) is 5.75. The van der Waals surface area contributed by atoms with Gasteiger partial charge in [-0.25, -0.2) is 9.10 Å². The van der Waals surface area contributed by atoms with Crippen LogP contribution in [0.5, 0.6) is 0 Å². The largest absolute Gasteiger partial charge is 0.465 e. The molecule has 0 amide bonds. The van der Waals surface area contributed by atoms with E-state index < -0.39 is 22.3 Å². The predicted octanol–water partition coefficient (Wildman–Crippen LogP) is 1.13. The van der Waals surface area contributed by atoms with E-state index in [-0.39, 0.29) is 16.3 Å². The average Bonchev–Trinajstić information content (AvgIpc) is 2.57. The summed E-state index contributed by atoms with van der Waals surface area (Å²) in [5.74, 6) is -0.650. The first-order chi connectivity index (χ1) is 8.20. The molecule has 1 heterocycles. The van der Waals surface area contributed by atoms with Crippen molar-refractivity contribution in [3.05, 3.63) is 10.3 Å².